The van der Waals surface area contributed by atoms with Crippen molar-refractivity contribution in [2.75, 3.05) is 0 Å². The molecule has 0 spiro atoms. The predicted octanol–water partition coefficient (Wildman–Crippen LogP) is 2.00. The van der Waals surface area contributed by atoms with E-state index in [0.29, 0.717) is 11.5 Å². The number of rotatable bonds is 2. The van der Waals surface area contributed by atoms with Gasteiger partial charge in [-0.3, -0.25) is 0 Å². The molecule has 1 aromatic rings. The number of benzene rings is 1. The van der Waals surface area contributed by atoms with E-state index in [1.807, 2.05) is 12.1 Å². The van der Waals surface area contributed by atoms with Crippen LogP contribution in [0, 0.1) is 0 Å². The van der Waals surface area contributed by atoms with Gasteiger partial charge < -0.3 is 5.11 Å². The normalized spacial score (nSPS) is 15.4. The topological polar surface area (TPSA) is 37.3 Å². The van der Waals surface area contributed by atoms with E-state index in [2.05, 4.69) is 0 Å². The summed E-state index contributed by atoms with van der Waals surface area (Å²) in [6.45, 7) is 0. The molecule has 0 unspecified atom stereocenters. The monoisotopic (exact) mass is 216 g/mol. The molecule has 1 N–H and O–H groups in total. The van der Waals surface area contributed by atoms with Crippen molar-refractivity contribution in [2.45, 2.75) is 25.2 Å². The average Bonchev–Trinajstić information content (AvgIpc) is 2.02. The molecule has 0 aliphatic heterocycles. The third kappa shape index (κ3) is 2.47. The summed E-state index contributed by atoms with van der Waals surface area (Å²) in [5.41, 5.74) is 1.49. The Balaban J connectivity index is 0.000000980. The first-order chi connectivity index (χ1) is 6.29. The second-order valence-corrected chi connectivity index (χ2v) is 3.52. The fraction of sp³-hybridized carbons (Fsp3) is 0.364. The van der Waals surface area contributed by atoms with Crippen LogP contribution in [0.15, 0.2) is 24.3 Å². The molecule has 1 aromatic carbocycles. The van der Waals surface area contributed by atoms with Crippen LogP contribution in [-0.4, -0.2) is 62.5 Å². The van der Waals surface area contributed by atoms with E-state index in [0.717, 1.165) is 18.4 Å². The van der Waals surface area contributed by atoms with Crippen molar-refractivity contribution >= 4 is 57.4 Å². The van der Waals surface area contributed by atoms with Crippen LogP contribution in [0.25, 0.3) is 0 Å². The van der Waals surface area contributed by atoms with E-state index in [9.17, 15) is 4.79 Å². The van der Waals surface area contributed by atoms with Crippen molar-refractivity contribution in [3.05, 3.63) is 35.4 Å². The van der Waals surface area contributed by atoms with Gasteiger partial charge in [-0.15, -0.1) is 0 Å². The average molecular weight is 216 g/mol. The summed E-state index contributed by atoms with van der Waals surface area (Å²) >= 11 is 0. The van der Waals surface area contributed by atoms with Crippen LogP contribution in [0.1, 0.15) is 41.1 Å². The van der Waals surface area contributed by atoms with Gasteiger partial charge in [-0.1, -0.05) is 24.6 Å². The number of carboxylic acids is 1. The van der Waals surface area contributed by atoms with Crippen LogP contribution in [0.3, 0.4) is 0 Å². The van der Waals surface area contributed by atoms with E-state index < -0.39 is 5.97 Å². The Bertz CT molecular complexity index is 332. The number of hydrogen-bond donors (Lipinski definition) is 1. The fourth-order valence-corrected chi connectivity index (χ4v) is 1.77. The molecule has 70 valence electrons. The standard InChI is InChI=1S/C11H12O2.K.H/c12-11(13)10-7-2-1-6-9(10)8-4-3-5-8;;/h1-2,6-8H,3-5H2,(H,12,13);;. The third-order valence-electron chi connectivity index (χ3n) is 2.74. The summed E-state index contributed by atoms with van der Waals surface area (Å²) < 4.78 is 0. The molecule has 0 aromatic heterocycles. The molecule has 1 fully saturated rings. The van der Waals surface area contributed by atoms with Crippen molar-refractivity contribution in [3.63, 3.8) is 0 Å². The zero-order valence-electron chi connectivity index (χ0n) is 7.36. The van der Waals surface area contributed by atoms with Gasteiger partial charge in [-0.25, -0.2) is 4.79 Å². The number of carbonyl (C=O) groups is 1. The molecule has 1 aliphatic carbocycles. The summed E-state index contributed by atoms with van der Waals surface area (Å²) in [6, 6.07) is 7.33. The Kier molecular flexibility index (Phi) is 4.80. The van der Waals surface area contributed by atoms with E-state index in [-0.39, 0.29) is 51.4 Å². The fourth-order valence-electron chi connectivity index (χ4n) is 1.77. The molecule has 3 heteroatoms. The molecule has 0 radical (unpaired) electrons. The molecule has 0 atom stereocenters. The maximum absolute atomic E-state index is 10.9. The molecular formula is C11H13KO2. The van der Waals surface area contributed by atoms with E-state index in [1.165, 1.54) is 6.42 Å². The summed E-state index contributed by atoms with van der Waals surface area (Å²) in [4.78, 5) is 10.9. The molecule has 0 saturated heterocycles. The van der Waals surface area contributed by atoms with Crippen LogP contribution < -0.4 is 0 Å². The summed E-state index contributed by atoms with van der Waals surface area (Å²) in [7, 11) is 0. The van der Waals surface area contributed by atoms with Crippen LogP contribution in [0.4, 0.5) is 0 Å². The van der Waals surface area contributed by atoms with Gasteiger partial charge >= 0.3 is 57.4 Å². The summed E-state index contributed by atoms with van der Waals surface area (Å²) in [5.74, 6) is -0.310. The first kappa shape index (κ1) is 12.4. The minimum atomic E-state index is -0.803. The van der Waals surface area contributed by atoms with Gasteiger partial charge in [0.1, 0.15) is 0 Å². The Labute approximate surface area is 126 Å². The first-order valence-electron chi connectivity index (χ1n) is 4.61. The Morgan fingerprint density at radius 2 is 1.93 bits per heavy atom. The van der Waals surface area contributed by atoms with Gasteiger partial charge in [0.05, 0.1) is 5.56 Å². The molecule has 0 bridgehead atoms. The third-order valence-corrected chi connectivity index (χ3v) is 2.74. The SMILES string of the molecule is O=C(O)c1ccccc1C1CCC1.[KH]. The molecule has 2 nitrogen and oxygen atoms in total. The molecule has 0 heterocycles. The number of hydrogen-bond acceptors (Lipinski definition) is 1. The Morgan fingerprint density at radius 3 is 2.43 bits per heavy atom. The van der Waals surface area contributed by atoms with Crippen molar-refractivity contribution in [1.82, 2.24) is 0 Å². The van der Waals surface area contributed by atoms with Crippen molar-refractivity contribution in [1.29, 1.82) is 0 Å². The predicted molar refractivity (Wildman–Crippen MR) is 57.1 cm³/mol. The second-order valence-electron chi connectivity index (χ2n) is 3.52. The zero-order valence-corrected chi connectivity index (χ0v) is 7.36. The van der Waals surface area contributed by atoms with Gasteiger partial charge in [0.25, 0.3) is 0 Å². The number of carboxylic acid groups (broad SMARTS) is 1. The van der Waals surface area contributed by atoms with Crippen molar-refractivity contribution in [3.8, 4) is 0 Å². The van der Waals surface area contributed by atoms with Crippen LogP contribution >= 0.6 is 0 Å². The number of aromatic carboxylic acids is 1. The molecule has 2 rings (SSSR count). The van der Waals surface area contributed by atoms with E-state index in [1.54, 1.807) is 12.1 Å². The van der Waals surface area contributed by atoms with Crippen LogP contribution in [0.5, 0.6) is 0 Å². The molecule has 1 aliphatic rings. The zero-order chi connectivity index (χ0) is 9.26. The summed E-state index contributed by atoms with van der Waals surface area (Å²) in [5, 5.41) is 8.93. The minimum absolute atomic E-state index is 0. The summed E-state index contributed by atoms with van der Waals surface area (Å²) in [6.07, 6.45) is 3.52. The van der Waals surface area contributed by atoms with Gasteiger partial charge in [0, 0.05) is 0 Å². The molecule has 1 saturated carbocycles. The molecule has 0 amide bonds. The second kappa shape index (κ2) is 5.42. The first-order valence-corrected chi connectivity index (χ1v) is 4.61. The Hall–Kier alpha value is 0.326. The van der Waals surface area contributed by atoms with Crippen molar-refractivity contribution in [2.24, 2.45) is 0 Å². The van der Waals surface area contributed by atoms with Gasteiger partial charge in [0.2, 0.25) is 0 Å². The Morgan fingerprint density at radius 1 is 1.29 bits per heavy atom. The molecular weight excluding hydrogens is 203 g/mol. The van der Waals surface area contributed by atoms with Crippen LogP contribution in [-0.2, 0) is 0 Å². The van der Waals surface area contributed by atoms with Gasteiger partial charge in [-0.2, -0.15) is 0 Å². The van der Waals surface area contributed by atoms with Crippen molar-refractivity contribution < 1.29 is 9.90 Å². The van der Waals surface area contributed by atoms with Gasteiger partial charge in [-0.05, 0) is 30.4 Å². The molecule has 14 heavy (non-hydrogen) atoms. The van der Waals surface area contributed by atoms with E-state index >= 15 is 0 Å². The van der Waals surface area contributed by atoms with Crippen LogP contribution in [0.2, 0.25) is 0 Å². The van der Waals surface area contributed by atoms with Gasteiger partial charge in [0.15, 0.2) is 0 Å². The maximum atomic E-state index is 10.9. The quantitative estimate of drug-likeness (QED) is 0.768. The van der Waals surface area contributed by atoms with E-state index in [4.69, 9.17) is 5.11 Å².